The number of carboxylic acid groups (broad SMARTS) is 1. The van der Waals surface area contributed by atoms with Gasteiger partial charge in [0, 0.05) is 5.92 Å². The summed E-state index contributed by atoms with van der Waals surface area (Å²) in [6.07, 6.45) is 3.97. The third kappa shape index (κ3) is 3.20. The van der Waals surface area contributed by atoms with Crippen molar-refractivity contribution in [3.05, 3.63) is 0 Å². The molecule has 3 atom stereocenters. The lowest BCUT2D eigenvalue weighted by atomic mass is 10.0. The van der Waals surface area contributed by atoms with E-state index in [1.54, 1.807) is 0 Å². The molecule has 17 heavy (non-hydrogen) atoms. The van der Waals surface area contributed by atoms with Crippen LogP contribution < -0.4 is 5.32 Å². The van der Waals surface area contributed by atoms with Crippen molar-refractivity contribution >= 4 is 11.9 Å². The quantitative estimate of drug-likeness (QED) is 0.740. The Morgan fingerprint density at radius 2 is 2.00 bits per heavy atom. The van der Waals surface area contributed by atoms with Gasteiger partial charge in [-0.05, 0) is 43.4 Å². The summed E-state index contributed by atoms with van der Waals surface area (Å²) in [4.78, 5) is 22.9. The molecule has 3 unspecified atom stereocenters. The summed E-state index contributed by atoms with van der Waals surface area (Å²) in [5.41, 5.74) is 0. The molecule has 0 aromatic heterocycles. The maximum Gasteiger partial charge on any atom is 0.326 e. The minimum Gasteiger partial charge on any atom is -0.480 e. The van der Waals surface area contributed by atoms with Crippen molar-refractivity contribution < 1.29 is 14.7 Å². The average Bonchev–Trinajstić information content (AvgIpc) is 3.06. The van der Waals surface area contributed by atoms with Crippen LogP contribution in [-0.2, 0) is 9.59 Å². The van der Waals surface area contributed by atoms with Crippen LogP contribution in [0.25, 0.3) is 0 Å². The van der Waals surface area contributed by atoms with Gasteiger partial charge in [0.25, 0.3) is 0 Å². The molecule has 0 heterocycles. The number of aliphatic carboxylic acids is 1. The lowest BCUT2D eigenvalue weighted by Crippen LogP contribution is -2.42. The molecule has 0 aliphatic heterocycles. The number of carboxylic acids is 1. The molecule has 0 radical (unpaired) electrons. The van der Waals surface area contributed by atoms with E-state index in [9.17, 15) is 9.59 Å². The summed E-state index contributed by atoms with van der Waals surface area (Å²) in [6, 6.07) is -0.719. The number of carbonyl (C=O) groups is 2. The van der Waals surface area contributed by atoms with Gasteiger partial charge in [0.15, 0.2) is 0 Å². The van der Waals surface area contributed by atoms with Gasteiger partial charge in [-0.25, -0.2) is 4.79 Å². The summed E-state index contributed by atoms with van der Waals surface area (Å²) in [6.45, 7) is 3.93. The van der Waals surface area contributed by atoms with Gasteiger partial charge in [0.1, 0.15) is 6.04 Å². The first-order chi connectivity index (χ1) is 7.99. The normalized spacial score (nSPS) is 28.9. The molecule has 2 saturated carbocycles. The number of rotatable bonds is 6. The SMILES string of the molecule is CC(C)CC(NC(=O)C1CC1C1CC1)C(=O)O. The number of carbonyl (C=O) groups excluding carboxylic acids is 1. The largest absolute Gasteiger partial charge is 0.480 e. The minimum absolute atomic E-state index is 0.0463. The Morgan fingerprint density at radius 1 is 1.35 bits per heavy atom. The van der Waals surface area contributed by atoms with Crippen LogP contribution in [0, 0.1) is 23.7 Å². The van der Waals surface area contributed by atoms with Crippen LogP contribution in [0.3, 0.4) is 0 Å². The molecule has 0 spiro atoms. The molecule has 0 aromatic rings. The molecule has 2 fully saturated rings. The molecule has 4 heteroatoms. The van der Waals surface area contributed by atoms with Gasteiger partial charge in [-0.1, -0.05) is 13.8 Å². The topological polar surface area (TPSA) is 66.4 Å². The van der Waals surface area contributed by atoms with E-state index in [0.29, 0.717) is 12.3 Å². The predicted octanol–water partition coefficient (Wildman–Crippen LogP) is 1.65. The van der Waals surface area contributed by atoms with Gasteiger partial charge in [0.2, 0.25) is 5.91 Å². The molecular weight excluding hydrogens is 218 g/mol. The number of nitrogens with one attached hydrogen (secondary N) is 1. The van der Waals surface area contributed by atoms with E-state index in [4.69, 9.17) is 5.11 Å². The van der Waals surface area contributed by atoms with Crippen molar-refractivity contribution in [1.29, 1.82) is 0 Å². The Bertz CT molecular complexity index is 323. The van der Waals surface area contributed by atoms with Gasteiger partial charge in [-0.3, -0.25) is 4.79 Å². The lowest BCUT2D eigenvalue weighted by molar-refractivity contribution is -0.142. The van der Waals surface area contributed by atoms with Crippen LogP contribution in [0.1, 0.15) is 39.5 Å². The first-order valence-corrected chi connectivity index (χ1v) is 6.52. The fourth-order valence-electron chi connectivity index (χ4n) is 2.53. The highest BCUT2D eigenvalue weighted by Crippen LogP contribution is 2.54. The van der Waals surface area contributed by atoms with Crippen LogP contribution in [0.5, 0.6) is 0 Å². The van der Waals surface area contributed by atoms with Gasteiger partial charge in [-0.15, -0.1) is 0 Å². The molecule has 4 nitrogen and oxygen atoms in total. The summed E-state index contributed by atoms with van der Waals surface area (Å²) in [7, 11) is 0. The third-order valence-electron chi connectivity index (χ3n) is 3.73. The average molecular weight is 239 g/mol. The fourth-order valence-corrected chi connectivity index (χ4v) is 2.53. The van der Waals surface area contributed by atoms with E-state index in [1.165, 1.54) is 12.8 Å². The molecule has 2 aliphatic carbocycles. The molecule has 0 saturated heterocycles. The molecule has 2 N–H and O–H groups in total. The van der Waals surface area contributed by atoms with E-state index < -0.39 is 12.0 Å². The molecule has 0 bridgehead atoms. The maximum absolute atomic E-state index is 11.9. The monoisotopic (exact) mass is 239 g/mol. The second-order valence-electron chi connectivity index (χ2n) is 5.87. The second kappa shape index (κ2) is 4.67. The minimum atomic E-state index is -0.921. The Balaban J connectivity index is 1.81. The van der Waals surface area contributed by atoms with Crippen LogP contribution in [-0.4, -0.2) is 23.0 Å². The van der Waals surface area contributed by atoms with Crippen LogP contribution >= 0.6 is 0 Å². The van der Waals surface area contributed by atoms with E-state index in [2.05, 4.69) is 5.32 Å². The molecular formula is C13H21NO3. The molecule has 2 rings (SSSR count). The first-order valence-electron chi connectivity index (χ1n) is 6.52. The Hall–Kier alpha value is -1.06. The zero-order valence-electron chi connectivity index (χ0n) is 10.5. The molecule has 2 aliphatic rings. The zero-order valence-corrected chi connectivity index (χ0v) is 10.5. The summed E-state index contributed by atoms with van der Waals surface area (Å²) >= 11 is 0. The van der Waals surface area contributed by atoms with Gasteiger partial charge in [-0.2, -0.15) is 0 Å². The smallest absolute Gasteiger partial charge is 0.326 e. The highest BCUT2D eigenvalue weighted by molar-refractivity contribution is 5.86. The molecule has 1 amide bonds. The summed E-state index contributed by atoms with van der Waals surface area (Å²) < 4.78 is 0. The Labute approximate surface area is 102 Å². The lowest BCUT2D eigenvalue weighted by Gasteiger charge is -2.16. The van der Waals surface area contributed by atoms with Crippen LogP contribution in [0.4, 0.5) is 0 Å². The van der Waals surface area contributed by atoms with E-state index in [1.807, 2.05) is 13.8 Å². The second-order valence-corrected chi connectivity index (χ2v) is 5.87. The Kier molecular flexibility index (Phi) is 3.40. The molecule has 96 valence electrons. The van der Waals surface area contributed by atoms with Crippen LogP contribution in [0.15, 0.2) is 0 Å². The summed E-state index contributed by atoms with van der Waals surface area (Å²) in [5, 5.41) is 11.7. The standard InChI is InChI=1S/C13H21NO3/c1-7(2)5-11(13(16)17)14-12(15)10-6-9(10)8-3-4-8/h7-11H,3-6H2,1-2H3,(H,14,15)(H,16,17). The predicted molar refractivity (Wildman–Crippen MR) is 63.3 cm³/mol. The van der Waals surface area contributed by atoms with Crippen molar-refractivity contribution in [3.63, 3.8) is 0 Å². The van der Waals surface area contributed by atoms with E-state index in [0.717, 1.165) is 12.3 Å². The first kappa shape index (κ1) is 12.4. The van der Waals surface area contributed by atoms with Crippen molar-refractivity contribution in [3.8, 4) is 0 Å². The van der Waals surface area contributed by atoms with E-state index in [-0.39, 0.29) is 17.7 Å². The molecule has 0 aromatic carbocycles. The number of hydrogen-bond donors (Lipinski definition) is 2. The van der Waals surface area contributed by atoms with Gasteiger partial charge < -0.3 is 10.4 Å². The van der Waals surface area contributed by atoms with Crippen LogP contribution in [0.2, 0.25) is 0 Å². The summed E-state index contributed by atoms with van der Waals surface area (Å²) in [5.74, 6) is 0.694. The Morgan fingerprint density at radius 3 is 2.47 bits per heavy atom. The van der Waals surface area contributed by atoms with Crippen molar-refractivity contribution in [2.24, 2.45) is 23.7 Å². The number of amides is 1. The zero-order chi connectivity index (χ0) is 12.6. The highest BCUT2D eigenvalue weighted by Gasteiger charge is 2.51. The van der Waals surface area contributed by atoms with Crippen molar-refractivity contribution in [2.45, 2.75) is 45.6 Å². The van der Waals surface area contributed by atoms with E-state index >= 15 is 0 Å². The fraction of sp³-hybridized carbons (Fsp3) is 0.846. The highest BCUT2D eigenvalue weighted by atomic mass is 16.4. The van der Waals surface area contributed by atoms with Crippen molar-refractivity contribution in [1.82, 2.24) is 5.32 Å². The maximum atomic E-state index is 11.9. The van der Waals surface area contributed by atoms with Crippen molar-refractivity contribution in [2.75, 3.05) is 0 Å². The van der Waals surface area contributed by atoms with Gasteiger partial charge in [0.05, 0.1) is 0 Å². The van der Waals surface area contributed by atoms with Gasteiger partial charge >= 0.3 is 5.97 Å². The number of hydrogen-bond acceptors (Lipinski definition) is 2. The third-order valence-corrected chi connectivity index (χ3v) is 3.73.